The van der Waals surface area contributed by atoms with Gasteiger partial charge in [0.1, 0.15) is 13.2 Å². The smallest absolute Gasteiger partial charge is 0.407 e. The summed E-state index contributed by atoms with van der Waals surface area (Å²) in [6.45, 7) is 4.93. The zero-order valence-electron chi connectivity index (χ0n) is 28.4. The Labute approximate surface area is 285 Å². The van der Waals surface area contributed by atoms with Gasteiger partial charge in [0.2, 0.25) is 11.8 Å². The average molecular weight is 663 g/mol. The number of hydrogen-bond acceptors (Lipinski definition) is 6. The van der Waals surface area contributed by atoms with E-state index in [2.05, 4.69) is 10.6 Å². The number of benzene rings is 2. The molecule has 0 spiro atoms. The van der Waals surface area contributed by atoms with Crippen LogP contribution in [-0.2, 0) is 32.3 Å². The van der Waals surface area contributed by atoms with Crippen LogP contribution in [0.5, 0.6) is 0 Å². The molecule has 2 heterocycles. The van der Waals surface area contributed by atoms with Gasteiger partial charge in [-0.05, 0) is 74.3 Å². The van der Waals surface area contributed by atoms with E-state index < -0.39 is 12.2 Å². The van der Waals surface area contributed by atoms with Crippen molar-refractivity contribution in [1.82, 2.24) is 20.4 Å². The number of carbonyl (C=O) groups is 4. The maximum Gasteiger partial charge on any atom is 0.407 e. The number of amides is 4. The molecule has 2 N–H and O–H groups in total. The van der Waals surface area contributed by atoms with Crippen molar-refractivity contribution in [3.05, 3.63) is 71.8 Å². The summed E-state index contributed by atoms with van der Waals surface area (Å²) in [5, 5.41) is 5.56. The van der Waals surface area contributed by atoms with Crippen molar-refractivity contribution in [1.29, 1.82) is 0 Å². The first-order chi connectivity index (χ1) is 23.5. The van der Waals surface area contributed by atoms with E-state index in [1.807, 2.05) is 70.5 Å². The molecule has 10 nitrogen and oxygen atoms in total. The molecule has 0 saturated carbocycles. The Hall–Kier alpha value is -4.08. The van der Waals surface area contributed by atoms with Gasteiger partial charge in [-0.2, -0.15) is 0 Å². The van der Waals surface area contributed by atoms with Gasteiger partial charge >= 0.3 is 12.2 Å². The van der Waals surface area contributed by atoms with Crippen LogP contribution in [0.15, 0.2) is 60.7 Å². The van der Waals surface area contributed by atoms with E-state index in [0.29, 0.717) is 37.8 Å². The highest BCUT2D eigenvalue weighted by Crippen LogP contribution is 2.33. The minimum Gasteiger partial charge on any atom is -0.445 e. The molecule has 2 aromatic carbocycles. The van der Waals surface area contributed by atoms with E-state index in [-0.39, 0.29) is 25.0 Å². The molecule has 2 aliphatic heterocycles. The van der Waals surface area contributed by atoms with E-state index in [9.17, 15) is 19.2 Å². The second kappa shape index (κ2) is 21.0. The highest BCUT2D eigenvalue weighted by molar-refractivity contribution is 5.76. The van der Waals surface area contributed by atoms with Gasteiger partial charge in [-0.25, -0.2) is 9.59 Å². The minimum atomic E-state index is -0.410. The van der Waals surface area contributed by atoms with Gasteiger partial charge in [0.15, 0.2) is 0 Å². The summed E-state index contributed by atoms with van der Waals surface area (Å²) in [6.07, 6.45) is 9.57. The second-order valence-corrected chi connectivity index (χ2v) is 13.0. The summed E-state index contributed by atoms with van der Waals surface area (Å²) in [4.78, 5) is 53.3. The van der Waals surface area contributed by atoms with Crippen molar-refractivity contribution >= 4 is 24.0 Å². The first kappa shape index (κ1) is 36.8. The number of likely N-dealkylation sites (tertiary alicyclic amines) is 2. The van der Waals surface area contributed by atoms with E-state index >= 15 is 0 Å². The van der Waals surface area contributed by atoms with Gasteiger partial charge < -0.3 is 29.9 Å². The van der Waals surface area contributed by atoms with Crippen LogP contribution in [0.25, 0.3) is 0 Å². The number of rotatable bonds is 17. The predicted octanol–water partition coefficient (Wildman–Crippen LogP) is 6.44. The number of nitrogens with zero attached hydrogens (tertiary/aromatic N) is 2. The molecule has 0 bridgehead atoms. The van der Waals surface area contributed by atoms with Crippen molar-refractivity contribution in [3.63, 3.8) is 0 Å². The zero-order valence-corrected chi connectivity index (χ0v) is 28.4. The predicted molar refractivity (Wildman–Crippen MR) is 185 cm³/mol. The summed E-state index contributed by atoms with van der Waals surface area (Å²) in [7, 11) is 0. The van der Waals surface area contributed by atoms with Crippen LogP contribution in [0.4, 0.5) is 9.59 Å². The van der Waals surface area contributed by atoms with Gasteiger partial charge in [0.25, 0.3) is 0 Å². The Morgan fingerprint density at radius 3 is 1.29 bits per heavy atom. The maximum atomic E-state index is 12.8. The highest BCUT2D eigenvalue weighted by Gasteiger charge is 2.31. The molecule has 4 rings (SSSR count). The first-order valence-electron chi connectivity index (χ1n) is 17.9. The minimum absolute atomic E-state index is 0.239. The Bertz CT molecular complexity index is 1150. The SMILES string of the molecule is O=C(NCCCCCC(=O)N1CCC(C2CCN(C(=O)CCCCCNC(=O)OCc3ccccc3)CC2)CC1)OCc1ccccc1. The zero-order chi connectivity index (χ0) is 33.8. The van der Waals surface area contributed by atoms with Gasteiger partial charge in [0, 0.05) is 52.1 Å². The average Bonchev–Trinajstić information content (AvgIpc) is 3.13. The maximum absolute atomic E-state index is 12.8. The molecule has 4 amide bonds. The number of unbranched alkanes of at least 4 members (excludes halogenated alkanes) is 4. The molecule has 2 fully saturated rings. The summed E-state index contributed by atoms with van der Waals surface area (Å²) >= 11 is 0. The highest BCUT2D eigenvalue weighted by atomic mass is 16.6. The van der Waals surface area contributed by atoms with Crippen molar-refractivity contribution < 1.29 is 28.7 Å². The summed E-state index contributed by atoms with van der Waals surface area (Å²) in [5.74, 6) is 1.74. The molecule has 0 aliphatic carbocycles. The van der Waals surface area contributed by atoms with Crippen molar-refractivity contribution in [3.8, 4) is 0 Å². The number of piperidine rings is 2. The van der Waals surface area contributed by atoms with Crippen molar-refractivity contribution in [2.24, 2.45) is 11.8 Å². The molecule has 0 aromatic heterocycles. The van der Waals surface area contributed by atoms with Crippen LogP contribution >= 0.6 is 0 Å². The van der Waals surface area contributed by atoms with Crippen LogP contribution in [0.2, 0.25) is 0 Å². The van der Waals surface area contributed by atoms with Crippen LogP contribution in [0.1, 0.15) is 88.2 Å². The third-order valence-electron chi connectivity index (χ3n) is 9.55. The lowest BCUT2D eigenvalue weighted by atomic mass is 9.78. The van der Waals surface area contributed by atoms with Gasteiger partial charge in [-0.15, -0.1) is 0 Å². The lowest BCUT2D eigenvalue weighted by Gasteiger charge is -2.40. The number of carbonyl (C=O) groups excluding carboxylic acids is 4. The third-order valence-corrected chi connectivity index (χ3v) is 9.55. The third kappa shape index (κ3) is 13.6. The normalized spacial score (nSPS) is 15.5. The van der Waals surface area contributed by atoms with Crippen molar-refractivity contribution in [2.75, 3.05) is 39.3 Å². The second-order valence-electron chi connectivity index (χ2n) is 13.0. The molecule has 2 aromatic rings. The number of nitrogens with one attached hydrogen (secondary N) is 2. The Morgan fingerprint density at radius 2 is 0.917 bits per heavy atom. The standard InChI is InChI=1S/C38H54N4O6/c43-35(17-9-3-11-23-39-37(45)47-29-31-13-5-1-6-14-31)41-25-19-33(20-26-41)34-21-27-42(28-22-34)36(44)18-10-4-12-24-40-38(46)48-30-32-15-7-2-8-16-32/h1-2,5-8,13-16,33-34H,3-4,9-12,17-30H2,(H,39,45)(H,40,46). The van der Waals surface area contributed by atoms with Crippen LogP contribution in [0, 0.1) is 11.8 Å². The van der Waals surface area contributed by atoms with Crippen LogP contribution in [0.3, 0.4) is 0 Å². The van der Waals surface area contributed by atoms with Crippen LogP contribution < -0.4 is 10.6 Å². The molecule has 48 heavy (non-hydrogen) atoms. The largest absolute Gasteiger partial charge is 0.445 e. The lowest BCUT2D eigenvalue weighted by molar-refractivity contribution is -0.135. The van der Waals surface area contributed by atoms with Crippen molar-refractivity contribution in [2.45, 2.75) is 90.3 Å². The fourth-order valence-electron chi connectivity index (χ4n) is 6.64. The quantitative estimate of drug-likeness (QED) is 0.189. The topological polar surface area (TPSA) is 117 Å². The molecule has 0 unspecified atom stereocenters. The lowest BCUT2D eigenvalue weighted by Crippen LogP contribution is -2.44. The Kier molecular flexibility index (Phi) is 16.1. The fraction of sp³-hybridized carbons (Fsp3) is 0.579. The molecule has 2 saturated heterocycles. The fourth-order valence-corrected chi connectivity index (χ4v) is 6.64. The van der Waals surface area contributed by atoms with Crippen LogP contribution in [-0.4, -0.2) is 73.1 Å². The molecule has 0 atom stereocenters. The molecule has 262 valence electrons. The monoisotopic (exact) mass is 662 g/mol. The number of ether oxygens (including phenoxy) is 2. The molecule has 10 heteroatoms. The molecule has 2 aliphatic rings. The van der Waals surface area contributed by atoms with E-state index in [0.717, 1.165) is 102 Å². The summed E-state index contributed by atoms with van der Waals surface area (Å²) in [6, 6.07) is 19.2. The summed E-state index contributed by atoms with van der Waals surface area (Å²) < 4.78 is 10.4. The Balaban J connectivity index is 0.960. The number of hydrogen-bond donors (Lipinski definition) is 2. The Morgan fingerprint density at radius 1 is 0.542 bits per heavy atom. The van der Waals surface area contributed by atoms with E-state index in [1.54, 1.807) is 0 Å². The van der Waals surface area contributed by atoms with Gasteiger partial charge in [-0.1, -0.05) is 73.5 Å². The van der Waals surface area contributed by atoms with Gasteiger partial charge in [0.05, 0.1) is 0 Å². The molecular weight excluding hydrogens is 608 g/mol. The number of alkyl carbamates (subject to hydrolysis) is 2. The van der Waals surface area contributed by atoms with E-state index in [4.69, 9.17) is 9.47 Å². The summed E-state index contributed by atoms with van der Waals surface area (Å²) in [5.41, 5.74) is 1.91. The van der Waals surface area contributed by atoms with Gasteiger partial charge in [-0.3, -0.25) is 9.59 Å². The van der Waals surface area contributed by atoms with E-state index in [1.165, 1.54) is 0 Å². The first-order valence-corrected chi connectivity index (χ1v) is 17.9. The molecular formula is C38H54N4O6. The molecule has 0 radical (unpaired) electrons.